The van der Waals surface area contributed by atoms with Crippen LogP contribution in [-0.4, -0.2) is 80.5 Å². The van der Waals surface area contributed by atoms with Crippen LogP contribution in [0.2, 0.25) is 0 Å². The molecular formula is C24H31N5O7. The topological polar surface area (TPSA) is 195 Å². The lowest BCUT2D eigenvalue weighted by molar-refractivity contribution is -0.149. The Bertz CT molecular complexity index is 1150. The van der Waals surface area contributed by atoms with Crippen molar-refractivity contribution in [3.05, 3.63) is 36.0 Å². The van der Waals surface area contributed by atoms with Crippen LogP contribution in [-0.2, 0) is 30.4 Å². The molecule has 2 heterocycles. The van der Waals surface area contributed by atoms with E-state index < -0.39 is 53.8 Å². The number of para-hydroxylation sites is 1. The first-order valence-electron chi connectivity index (χ1n) is 11.7. The zero-order valence-corrected chi connectivity index (χ0v) is 19.9. The summed E-state index contributed by atoms with van der Waals surface area (Å²) < 4.78 is 0. The highest BCUT2D eigenvalue weighted by Crippen LogP contribution is 2.20. The van der Waals surface area contributed by atoms with E-state index in [9.17, 15) is 29.1 Å². The number of hydrogen-bond acceptors (Lipinski definition) is 6. The first-order valence-corrected chi connectivity index (χ1v) is 11.7. The van der Waals surface area contributed by atoms with Gasteiger partial charge in [0.25, 0.3) is 0 Å². The third kappa shape index (κ3) is 6.39. The normalized spacial score (nSPS) is 17.8. The third-order valence-electron chi connectivity index (χ3n) is 6.29. The van der Waals surface area contributed by atoms with E-state index in [0.717, 1.165) is 16.5 Å². The van der Waals surface area contributed by atoms with Crippen molar-refractivity contribution in [2.45, 2.75) is 63.2 Å². The van der Waals surface area contributed by atoms with Crippen molar-refractivity contribution >= 4 is 40.6 Å². The van der Waals surface area contributed by atoms with Crippen molar-refractivity contribution in [2.24, 2.45) is 5.73 Å². The zero-order valence-electron chi connectivity index (χ0n) is 19.9. The van der Waals surface area contributed by atoms with E-state index >= 15 is 0 Å². The number of nitrogens with zero attached hydrogens (tertiary/aromatic N) is 1. The summed E-state index contributed by atoms with van der Waals surface area (Å²) in [5, 5.41) is 24.2. The Hall–Kier alpha value is -3.93. The summed E-state index contributed by atoms with van der Waals surface area (Å²) in [6.07, 6.45) is 2.28. The molecular weight excluding hydrogens is 470 g/mol. The number of aliphatic carboxylic acids is 2. The van der Waals surface area contributed by atoms with E-state index in [0.29, 0.717) is 12.8 Å². The summed E-state index contributed by atoms with van der Waals surface area (Å²) in [5.41, 5.74) is 7.41. The summed E-state index contributed by atoms with van der Waals surface area (Å²) >= 11 is 0. The van der Waals surface area contributed by atoms with E-state index in [2.05, 4.69) is 15.6 Å². The molecule has 0 aliphatic carbocycles. The van der Waals surface area contributed by atoms with Gasteiger partial charge in [-0.25, -0.2) is 4.79 Å². The van der Waals surface area contributed by atoms with Crippen LogP contribution in [0.4, 0.5) is 0 Å². The molecule has 1 fully saturated rings. The van der Waals surface area contributed by atoms with Crippen molar-refractivity contribution in [3.63, 3.8) is 0 Å². The standard InChI is InChI=1S/C24H31N5O7/c1-13(23(34)29-10-4-7-19(29)24(35)36)27-22(33)18(28-21(32)16(25)8-9-20(30)31)11-14-12-26-17-6-3-2-5-15(14)17/h2-3,5-6,12-13,16,18-19,26H,4,7-11,25H2,1H3,(H,27,33)(H,28,32)(H,30,31)(H,35,36). The molecule has 0 spiro atoms. The van der Waals surface area contributed by atoms with Crippen LogP contribution in [0.1, 0.15) is 38.2 Å². The number of H-pyrrole nitrogens is 1. The zero-order chi connectivity index (χ0) is 26.4. The molecule has 0 saturated carbocycles. The predicted molar refractivity (Wildman–Crippen MR) is 129 cm³/mol. The van der Waals surface area contributed by atoms with Crippen LogP contribution in [0.5, 0.6) is 0 Å². The summed E-state index contributed by atoms with van der Waals surface area (Å²) in [7, 11) is 0. The number of aromatic amines is 1. The van der Waals surface area contributed by atoms with Crippen LogP contribution in [0.3, 0.4) is 0 Å². The maximum absolute atomic E-state index is 13.2. The van der Waals surface area contributed by atoms with E-state index in [1.807, 2.05) is 24.3 Å². The van der Waals surface area contributed by atoms with Crippen LogP contribution >= 0.6 is 0 Å². The fourth-order valence-electron chi connectivity index (χ4n) is 4.33. The van der Waals surface area contributed by atoms with E-state index in [1.54, 1.807) is 6.20 Å². The number of carbonyl (C=O) groups excluding carboxylic acids is 3. The number of benzene rings is 1. The predicted octanol–water partition coefficient (Wildman–Crippen LogP) is -0.0324. The van der Waals surface area contributed by atoms with Gasteiger partial charge >= 0.3 is 11.9 Å². The number of aromatic nitrogens is 1. The molecule has 0 radical (unpaired) electrons. The molecule has 4 atom stereocenters. The molecule has 1 aliphatic rings. The molecule has 1 aliphatic heterocycles. The Morgan fingerprint density at radius 3 is 2.56 bits per heavy atom. The van der Waals surface area contributed by atoms with Gasteiger partial charge in [-0.15, -0.1) is 0 Å². The molecule has 3 amide bonds. The minimum absolute atomic E-state index is 0.0790. The molecule has 1 saturated heterocycles. The summed E-state index contributed by atoms with van der Waals surface area (Å²) in [6, 6.07) is 3.20. The number of fused-ring (bicyclic) bond motifs is 1. The van der Waals surface area contributed by atoms with E-state index in [1.165, 1.54) is 11.8 Å². The number of hydrogen-bond donors (Lipinski definition) is 6. The van der Waals surface area contributed by atoms with Crippen LogP contribution in [0.25, 0.3) is 10.9 Å². The maximum Gasteiger partial charge on any atom is 0.326 e. The van der Waals surface area contributed by atoms with Crippen molar-refractivity contribution in [2.75, 3.05) is 6.54 Å². The highest BCUT2D eigenvalue weighted by atomic mass is 16.4. The lowest BCUT2D eigenvalue weighted by Gasteiger charge is -2.27. The van der Waals surface area contributed by atoms with Gasteiger partial charge in [0, 0.05) is 36.5 Å². The molecule has 2 aromatic rings. The average molecular weight is 502 g/mol. The first-order chi connectivity index (χ1) is 17.1. The number of nitrogens with two attached hydrogens (primary N) is 1. The minimum atomic E-state index is -1.14. The molecule has 0 bridgehead atoms. The summed E-state index contributed by atoms with van der Waals surface area (Å²) in [6.45, 7) is 1.74. The van der Waals surface area contributed by atoms with Gasteiger partial charge in [0.15, 0.2) is 0 Å². The smallest absolute Gasteiger partial charge is 0.326 e. The molecule has 12 heteroatoms. The number of nitrogens with one attached hydrogen (secondary N) is 3. The highest BCUT2D eigenvalue weighted by Gasteiger charge is 2.37. The number of carboxylic acids is 2. The van der Waals surface area contributed by atoms with Gasteiger partial charge in [0.1, 0.15) is 18.1 Å². The van der Waals surface area contributed by atoms with Crippen LogP contribution in [0.15, 0.2) is 30.5 Å². The van der Waals surface area contributed by atoms with Gasteiger partial charge in [0.05, 0.1) is 6.04 Å². The second kappa shape index (κ2) is 11.7. The molecule has 4 unspecified atom stereocenters. The monoisotopic (exact) mass is 501 g/mol. The van der Waals surface area contributed by atoms with Crippen molar-refractivity contribution in [1.29, 1.82) is 0 Å². The molecule has 194 valence electrons. The summed E-state index contributed by atoms with van der Waals surface area (Å²) in [4.78, 5) is 65.4. The molecule has 36 heavy (non-hydrogen) atoms. The SMILES string of the molecule is CC(NC(=O)C(Cc1c[nH]c2ccccc12)NC(=O)C(N)CCC(=O)O)C(=O)N1CCCC1C(=O)O. The van der Waals surface area contributed by atoms with Gasteiger partial charge < -0.3 is 36.5 Å². The number of carbonyl (C=O) groups is 5. The summed E-state index contributed by atoms with van der Waals surface area (Å²) in [5.74, 6) is -4.06. The van der Waals surface area contributed by atoms with Crippen LogP contribution < -0.4 is 16.4 Å². The minimum Gasteiger partial charge on any atom is -0.481 e. The Morgan fingerprint density at radius 2 is 1.86 bits per heavy atom. The fourth-order valence-corrected chi connectivity index (χ4v) is 4.33. The maximum atomic E-state index is 13.2. The van der Waals surface area contributed by atoms with Crippen LogP contribution in [0, 0.1) is 0 Å². The lowest BCUT2D eigenvalue weighted by atomic mass is 10.0. The Labute approximate surface area is 207 Å². The second-order valence-electron chi connectivity index (χ2n) is 8.92. The molecule has 1 aromatic heterocycles. The van der Waals surface area contributed by atoms with Gasteiger partial charge in [-0.1, -0.05) is 18.2 Å². The number of amides is 3. The quantitative estimate of drug-likeness (QED) is 0.247. The number of carboxylic acid groups (broad SMARTS) is 2. The van der Waals surface area contributed by atoms with Crippen molar-refractivity contribution in [1.82, 2.24) is 20.5 Å². The molecule has 1 aromatic carbocycles. The Balaban J connectivity index is 1.75. The number of rotatable bonds is 11. The van der Waals surface area contributed by atoms with Crippen molar-refractivity contribution in [3.8, 4) is 0 Å². The largest absolute Gasteiger partial charge is 0.481 e. The van der Waals surface area contributed by atoms with Gasteiger partial charge in [-0.3, -0.25) is 19.2 Å². The third-order valence-corrected chi connectivity index (χ3v) is 6.29. The van der Waals surface area contributed by atoms with Gasteiger partial charge in [-0.2, -0.15) is 0 Å². The molecule has 3 rings (SSSR count). The Morgan fingerprint density at radius 1 is 1.14 bits per heavy atom. The second-order valence-corrected chi connectivity index (χ2v) is 8.92. The molecule has 12 nitrogen and oxygen atoms in total. The van der Waals surface area contributed by atoms with Gasteiger partial charge in [0.2, 0.25) is 17.7 Å². The molecule has 7 N–H and O–H groups in total. The Kier molecular flexibility index (Phi) is 8.64. The van der Waals surface area contributed by atoms with Crippen molar-refractivity contribution < 1.29 is 34.2 Å². The van der Waals surface area contributed by atoms with Gasteiger partial charge in [-0.05, 0) is 37.8 Å². The van der Waals surface area contributed by atoms with E-state index in [4.69, 9.17) is 10.8 Å². The average Bonchev–Trinajstić information content (AvgIpc) is 3.49. The number of likely N-dealkylation sites (tertiary alicyclic amines) is 1. The highest BCUT2D eigenvalue weighted by molar-refractivity contribution is 5.95. The fraction of sp³-hybridized carbons (Fsp3) is 0.458. The first kappa shape index (κ1) is 26.7. The lowest BCUT2D eigenvalue weighted by Crippen LogP contribution is -2.56. The van der Waals surface area contributed by atoms with E-state index in [-0.39, 0.29) is 25.8 Å².